The average Bonchev–Trinajstić information content (AvgIpc) is 2.06. The van der Waals surface area contributed by atoms with Crippen molar-refractivity contribution in [1.29, 1.82) is 0 Å². The lowest BCUT2D eigenvalue weighted by Gasteiger charge is -2.24. The highest BCUT2D eigenvalue weighted by atomic mass is 28.3. The molecule has 0 bridgehead atoms. The third kappa shape index (κ3) is 2.05. The number of hydrogen-bond acceptors (Lipinski definition) is 0. The molecule has 0 fully saturated rings. The minimum Gasteiger partial charge on any atom is -0.107 e. The molecule has 0 amide bonds. The van der Waals surface area contributed by atoms with Gasteiger partial charge in [-0.15, -0.1) is 26.3 Å². The van der Waals surface area contributed by atoms with Gasteiger partial charge >= 0.3 is 0 Å². The van der Waals surface area contributed by atoms with Crippen molar-refractivity contribution >= 4 is 8.07 Å². The zero-order valence-corrected chi connectivity index (χ0v) is 8.22. The minimum absolute atomic E-state index is 0.359. The van der Waals surface area contributed by atoms with E-state index < -0.39 is 8.07 Å². The molecule has 60 valence electrons. The monoisotopic (exact) mass is 164 g/mol. The first-order valence-electron chi connectivity index (χ1n) is 3.67. The lowest BCUT2D eigenvalue weighted by Crippen LogP contribution is -2.29. The molecule has 0 nitrogen and oxygen atoms in total. The molecule has 0 spiro atoms. The number of hydrogen-bond donors (Lipinski definition) is 0. The third-order valence-corrected chi connectivity index (χ3v) is 5.77. The van der Waals surface area contributed by atoms with Crippen LogP contribution in [0.15, 0.2) is 49.9 Å². The molecular weight excluding hydrogens is 148 g/mol. The van der Waals surface area contributed by atoms with Gasteiger partial charge in [-0.1, -0.05) is 30.1 Å². The maximum Gasteiger partial charge on any atom is 0.108 e. The van der Waals surface area contributed by atoms with Gasteiger partial charge in [-0.05, 0) is 5.54 Å². The van der Waals surface area contributed by atoms with Crippen molar-refractivity contribution in [3.8, 4) is 0 Å². The van der Waals surface area contributed by atoms with E-state index in [4.69, 9.17) is 0 Å². The van der Waals surface area contributed by atoms with Crippen LogP contribution >= 0.6 is 0 Å². The van der Waals surface area contributed by atoms with Gasteiger partial charge < -0.3 is 0 Å². The molecule has 0 saturated carbocycles. The molecular formula is C10H16Si. The van der Waals surface area contributed by atoms with Gasteiger partial charge in [0.2, 0.25) is 0 Å². The van der Waals surface area contributed by atoms with E-state index in [-0.39, 0.29) is 0 Å². The molecule has 0 aromatic carbocycles. The smallest absolute Gasteiger partial charge is 0.107 e. The fraction of sp³-hybridized carbons (Fsp3) is 0.200. The van der Waals surface area contributed by atoms with Crippen LogP contribution in [-0.4, -0.2) is 8.07 Å². The molecule has 0 N–H and O–H groups in total. The number of rotatable bonds is 5. The molecule has 1 heteroatoms. The molecule has 0 atom stereocenters. The summed E-state index contributed by atoms with van der Waals surface area (Å²) in [6.45, 7) is 17.3. The second kappa shape index (κ2) is 4.14. The summed E-state index contributed by atoms with van der Waals surface area (Å²) in [5.74, 6) is 0. The summed E-state index contributed by atoms with van der Waals surface area (Å²) in [5.41, 5.74) is 4.37. The van der Waals surface area contributed by atoms with Crippen LogP contribution in [-0.2, 0) is 0 Å². The van der Waals surface area contributed by atoms with Crippen molar-refractivity contribution in [3.63, 3.8) is 0 Å². The molecule has 0 radical (unpaired) electrons. The minimum atomic E-state index is -1.54. The highest BCUT2D eigenvalue weighted by molar-refractivity contribution is 6.89. The summed E-state index contributed by atoms with van der Waals surface area (Å²) in [6, 6.07) is 0. The Bertz CT molecular complexity index is 163. The van der Waals surface area contributed by atoms with Gasteiger partial charge in [-0.3, -0.25) is 0 Å². The highest BCUT2D eigenvalue weighted by Gasteiger charge is 2.25. The van der Waals surface area contributed by atoms with Crippen molar-refractivity contribution in [2.45, 2.75) is 12.1 Å². The summed E-state index contributed by atoms with van der Waals surface area (Å²) in [6.07, 6.45) is 3.84. The highest BCUT2D eigenvalue weighted by Crippen LogP contribution is 2.25. The zero-order chi connectivity index (χ0) is 8.91. The molecule has 0 unspecified atom stereocenters. The molecule has 11 heavy (non-hydrogen) atoms. The Morgan fingerprint density at radius 1 is 1.00 bits per heavy atom. The molecule has 0 aliphatic rings. The maximum absolute atomic E-state index is 3.82. The molecule has 0 saturated heterocycles. The van der Waals surface area contributed by atoms with Gasteiger partial charge in [-0.2, -0.15) is 0 Å². The SMILES string of the molecule is C=CC(C=C)[Si](C)(C=C)C=C. The van der Waals surface area contributed by atoms with Crippen LogP contribution in [0.4, 0.5) is 0 Å². The Kier molecular flexibility index (Phi) is 3.83. The van der Waals surface area contributed by atoms with Crippen molar-refractivity contribution in [1.82, 2.24) is 0 Å². The van der Waals surface area contributed by atoms with Crippen molar-refractivity contribution < 1.29 is 0 Å². The van der Waals surface area contributed by atoms with Crippen LogP contribution in [0.2, 0.25) is 12.1 Å². The van der Waals surface area contributed by atoms with Gasteiger partial charge in [-0.25, -0.2) is 0 Å². The van der Waals surface area contributed by atoms with Crippen LogP contribution in [0.3, 0.4) is 0 Å². The summed E-state index contributed by atoms with van der Waals surface area (Å²) in [7, 11) is -1.54. The van der Waals surface area contributed by atoms with E-state index in [2.05, 4.69) is 32.9 Å². The number of allylic oxidation sites excluding steroid dienone is 2. The van der Waals surface area contributed by atoms with Crippen molar-refractivity contribution in [3.05, 3.63) is 49.9 Å². The predicted octanol–water partition coefficient (Wildman–Crippen LogP) is 3.26. The van der Waals surface area contributed by atoms with Crippen molar-refractivity contribution in [2.75, 3.05) is 0 Å². The fourth-order valence-electron chi connectivity index (χ4n) is 0.960. The van der Waals surface area contributed by atoms with Gasteiger partial charge in [0.25, 0.3) is 0 Å². The van der Waals surface area contributed by atoms with E-state index in [1.165, 1.54) is 0 Å². The van der Waals surface area contributed by atoms with Crippen LogP contribution in [0.5, 0.6) is 0 Å². The maximum atomic E-state index is 3.82. The van der Waals surface area contributed by atoms with Gasteiger partial charge in [0.1, 0.15) is 8.07 Å². The predicted molar refractivity (Wildman–Crippen MR) is 56.2 cm³/mol. The lowest BCUT2D eigenvalue weighted by atomic mass is 10.4. The first-order chi connectivity index (χ1) is 5.14. The average molecular weight is 164 g/mol. The quantitative estimate of drug-likeness (QED) is 0.432. The van der Waals surface area contributed by atoms with E-state index in [1.54, 1.807) is 0 Å². The fourth-order valence-corrected chi connectivity index (χ4v) is 2.69. The summed E-state index contributed by atoms with van der Waals surface area (Å²) < 4.78 is 0. The normalized spacial score (nSPS) is 10.7. The van der Waals surface area contributed by atoms with Gasteiger partial charge in [0, 0.05) is 0 Å². The molecule has 0 heterocycles. The first-order valence-corrected chi connectivity index (χ1v) is 6.40. The molecule has 0 aliphatic carbocycles. The van der Waals surface area contributed by atoms with Crippen LogP contribution in [0.1, 0.15) is 0 Å². The molecule has 0 aliphatic heterocycles. The van der Waals surface area contributed by atoms with E-state index in [1.807, 2.05) is 23.6 Å². The Balaban J connectivity index is 4.70. The van der Waals surface area contributed by atoms with E-state index in [0.717, 1.165) is 0 Å². The van der Waals surface area contributed by atoms with E-state index in [9.17, 15) is 0 Å². The Morgan fingerprint density at radius 2 is 1.36 bits per heavy atom. The largest absolute Gasteiger partial charge is 0.108 e. The topological polar surface area (TPSA) is 0 Å². The Hall–Kier alpha value is -0.823. The van der Waals surface area contributed by atoms with Gasteiger partial charge in [0.05, 0.1) is 0 Å². The summed E-state index contributed by atoms with van der Waals surface area (Å²) in [4.78, 5) is 0. The molecule has 0 aromatic rings. The van der Waals surface area contributed by atoms with Gasteiger partial charge in [0.15, 0.2) is 0 Å². The van der Waals surface area contributed by atoms with E-state index >= 15 is 0 Å². The summed E-state index contributed by atoms with van der Waals surface area (Å²) in [5, 5.41) is 0. The third-order valence-electron chi connectivity index (χ3n) is 2.11. The zero-order valence-electron chi connectivity index (χ0n) is 7.22. The lowest BCUT2D eigenvalue weighted by molar-refractivity contribution is 1.31. The van der Waals surface area contributed by atoms with Crippen LogP contribution < -0.4 is 0 Å². The second-order valence-corrected chi connectivity index (χ2v) is 6.99. The van der Waals surface area contributed by atoms with E-state index in [0.29, 0.717) is 5.54 Å². The Labute approximate surface area is 70.6 Å². The van der Waals surface area contributed by atoms with Crippen LogP contribution in [0, 0.1) is 0 Å². The summed E-state index contributed by atoms with van der Waals surface area (Å²) >= 11 is 0. The molecule has 0 rings (SSSR count). The Morgan fingerprint density at radius 3 is 1.45 bits per heavy atom. The van der Waals surface area contributed by atoms with Crippen molar-refractivity contribution in [2.24, 2.45) is 0 Å². The standard InChI is InChI=1S/C10H16Si/c1-6-10(7-2)11(5,8-3)9-4/h6-10H,1-4H2,5H3. The van der Waals surface area contributed by atoms with Crippen LogP contribution in [0.25, 0.3) is 0 Å². The molecule has 0 aromatic heterocycles. The first kappa shape index (κ1) is 10.2. The second-order valence-electron chi connectivity index (χ2n) is 2.77.